The van der Waals surface area contributed by atoms with Gasteiger partial charge in [-0.3, -0.25) is 0 Å². The number of halogens is 2. The Labute approximate surface area is 161 Å². The topological polar surface area (TPSA) is 122 Å². The number of hydrogen-bond acceptors (Lipinski definition) is 8. The predicted molar refractivity (Wildman–Crippen MR) is 92.9 cm³/mol. The van der Waals surface area contributed by atoms with Gasteiger partial charge in [-0.15, -0.1) is 5.10 Å². The molecule has 9 nitrogen and oxygen atoms in total. The summed E-state index contributed by atoms with van der Waals surface area (Å²) in [4.78, 5) is 0. The van der Waals surface area contributed by atoms with E-state index in [9.17, 15) is 15.3 Å². The first-order chi connectivity index (χ1) is 12.4. The quantitative estimate of drug-likeness (QED) is 0.431. The number of aliphatic hydroxyl groups is 3. The number of rotatable bonds is 7. The Morgan fingerprint density at radius 1 is 1.35 bits per heavy atom. The smallest absolute Gasteiger partial charge is 0.190 e. The number of ether oxygens (including phenoxy) is 2. The lowest BCUT2D eigenvalue weighted by atomic mass is 10.1. The van der Waals surface area contributed by atoms with Crippen molar-refractivity contribution in [1.82, 2.24) is 20.3 Å². The van der Waals surface area contributed by atoms with Crippen LogP contribution in [0.15, 0.2) is 6.20 Å². The molecule has 0 spiro atoms. The molecule has 11 heteroatoms. The third-order valence-corrected chi connectivity index (χ3v) is 5.50. The molecule has 0 aliphatic carbocycles. The molecule has 2 aliphatic rings. The standard InChI is InChI=1S/C15H24Cl2N4O5/c16-15(17)3-1-4-25-14(15)26-5-2-9-6-18-20-21(9)7-10-12(23)13(24)11(8-22)19-10/h6,10-14,19,22-24H,1-5,7-8H2/t10-,11-,12-,13-,14?/m1/s1. The summed E-state index contributed by atoms with van der Waals surface area (Å²) in [7, 11) is 0. The highest BCUT2D eigenvalue weighted by molar-refractivity contribution is 6.48. The fourth-order valence-corrected chi connectivity index (χ4v) is 3.78. The second-order valence-electron chi connectivity index (χ2n) is 6.64. The molecule has 5 atom stereocenters. The fraction of sp³-hybridized carbons (Fsp3) is 0.867. The average molecular weight is 411 g/mol. The van der Waals surface area contributed by atoms with E-state index in [1.54, 1.807) is 10.9 Å². The Bertz CT molecular complexity index is 590. The van der Waals surface area contributed by atoms with Crippen LogP contribution in [0.25, 0.3) is 0 Å². The number of nitrogens with one attached hydrogen (secondary N) is 1. The molecule has 0 amide bonds. The molecule has 1 aromatic heterocycles. The maximum atomic E-state index is 10.1. The lowest BCUT2D eigenvalue weighted by Gasteiger charge is -2.33. The maximum Gasteiger partial charge on any atom is 0.190 e. The first-order valence-electron chi connectivity index (χ1n) is 8.64. The second kappa shape index (κ2) is 8.66. The van der Waals surface area contributed by atoms with Crippen LogP contribution in [0.2, 0.25) is 0 Å². The average Bonchev–Trinajstić information content (AvgIpc) is 3.16. The third kappa shape index (κ3) is 4.48. The highest BCUT2D eigenvalue weighted by Gasteiger charge is 2.41. The molecule has 3 heterocycles. The van der Waals surface area contributed by atoms with E-state index in [-0.39, 0.29) is 6.61 Å². The predicted octanol–water partition coefficient (Wildman–Crippen LogP) is -0.798. The number of aromatic nitrogens is 3. The summed E-state index contributed by atoms with van der Waals surface area (Å²) in [6, 6.07) is -1.00. The summed E-state index contributed by atoms with van der Waals surface area (Å²) < 4.78 is 11.7. The van der Waals surface area contributed by atoms with Crippen LogP contribution >= 0.6 is 23.2 Å². The fourth-order valence-electron chi connectivity index (χ4n) is 3.26. The van der Waals surface area contributed by atoms with E-state index in [4.69, 9.17) is 32.7 Å². The Balaban J connectivity index is 1.53. The van der Waals surface area contributed by atoms with Crippen molar-refractivity contribution in [3.63, 3.8) is 0 Å². The van der Waals surface area contributed by atoms with E-state index >= 15 is 0 Å². The Hall–Kier alpha value is -0.520. The lowest BCUT2D eigenvalue weighted by molar-refractivity contribution is -0.167. The zero-order chi connectivity index (χ0) is 18.7. The summed E-state index contributed by atoms with van der Waals surface area (Å²) in [5.41, 5.74) is 0.798. The molecule has 2 saturated heterocycles. The molecular formula is C15H24Cl2N4O5. The van der Waals surface area contributed by atoms with Crippen molar-refractivity contribution in [2.24, 2.45) is 0 Å². The zero-order valence-corrected chi connectivity index (χ0v) is 15.7. The molecule has 0 radical (unpaired) electrons. The maximum absolute atomic E-state index is 10.1. The van der Waals surface area contributed by atoms with E-state index in [1.165, 1.54) is 0 Å². The number of hydrogen-bond donors (Lipinski definition) is 4. The van der Waals surface area contributed by atoms with Gasteiger partial charge in [0.25, 0.3) is 0 Å². The van der Waals surface area contributed by atoms with Crippen molar-refractivity contribution in [2.45, 2.75) is 60.7 Å². The first-order valence-corrected chi connectivity index (χ1v) is 9.39. The van der Waals surface area contributed by atoms with E-state index in [1.807, 2.05) is 0 Å². The van der Waals surface area contributed by atoms with Crippen LogP contribution in [-0.2, 0) is 22.4 Å². The molecule has 0 bridgehead atoms. The van der Waals surface area contributed by atoms with Gasteiger partial charge in [-0.2, -0.15) is 0 Å². The van der Waals surface area contributed by atoms with Gasteiger partial charge >= 0.3 is 0 Å². The van der Waals surface area contributed by atoms with Crippen molar-refractivity contribution in [2.75, 3.05) is 19.8 Å². The van der Waals surface area contributed by atoms with E-state index in [0.717, 1.165) is 12.1 Å². The SMILES string of the molecule is OC[C@H]1N[C@H](Cn2nncc2CCOC2OCCCC2(Cl)Cl)[C@@H](O)[C@@H]1O. The first kappa shape index (κ1) is 20.2. The van der Waals surface area contributed by atoms with Crippen LogP contribution < -0.4 is 5.32 Å². The summed E-state index contributed by atoms with van der Waals surface area (Å²) in [6.07, 6.45) is 0.823. The van der Waals surface area contributed by atoms with E-state index < -0.39 is 34.9 Å². The minimum absolute atomic E-state index is 0.257. The van der Waals surface area contributed by atoms with Crippen LogP contribution in [0, 0.1) is 0 Å². The van der Waals surface area contributed by atoms with Crippen molar-refractivity contribution >= 4 is 23.2 Å². The molecule has 0 aromatic carbocycles. The van der Waals surface area contributed by atoms with Gasteiger partial charge < -0.3 is 30.1 Å². The summed E-state index contributed by atoms with van der Waals surface area (Å²) in [6.45, 7) is 0.929. The van der Waals surface area contributed by atoms with E-state index in [2.05, 4.69) is 15.6 Å². The highest BCUT2D eigenvalue weighted by atomic mass is 35.5. The van der Waals surface area contributed by atoms with Crippen LogP contribution in [-0.4, -0.2) is 85.0 Å². The minimum atomic E-state index is -1.05. The highest BCUT2D eigenvalue weighted by Crippen LogP contribution is 2.36. The monoisotopic (exact) mass is 410 g/mol. The van der Waals surface area contributed by atoms with Crippen molar-refractivity contribution in [1.29, 1.82) is 0 Å². The number of nitrogens with zero attached hydrogens (tertiary/aromatic N) is 3. The Morgan fingerprint density at radius 2 is 2.12 bits per heavy atom. The lowest BCUT2D eigenvalue weighted by Crippen LogP contribution is -2.41. The molecule has 1 unspecified atom stereocenters. The third-order valence-electron chi connectivity index (χ3n) is 4.76. The van der Waals surface area contributed by atoms with Gasteiger partial charge in [0.1, 0.15) is 0 Å². The van der Waals surface area contributed by atoms with Gasteiger partial charge in [-0.05, 0) is 12.8 Å². The van der Waals surface area contributed by atoms with Gasteiger partial charge in [0.05, 0.1) is 55.9 Å². The molecular weight excluding hydrogens is 387 g/mol. The van der Waals surface area contributed by atoms with Crippen LogP contribution in [0.3, 0.4) is 0 Å². The van der Waals surface area contributed by atoms with Gasteiger partial charge in [-0.25, -0.2) is 4.68 Å². The van der Waals surface area contributed by atoms with Gasteiger partial charge in [-0.1, -0.05) is 28.4 Å². The van der Waals surface area contributed by atoms with Gasteiger partial charge in [0.15, 0.2) is 10.6 Å². The summed E-state index contributed by atoms with van der Waals surface area (Å²) in [5.74, 6) is 0. The molecule has 2 fully saturated rings. The zero-order valence-electron chi connectivity index (χ0n) is 14.2. The van der Waals surface area contributed by atoms with Crippen LogP contribution in [0.1, 0.15) is 18.5 Å². The molecule has 4 N–H and O–H groups in total. The Morgan fingerprint density at radius 3 is 2.81 bits per heavy atom. The normalized spacial score (nSPS) is 34.3. The van der Waals surface area contributed by atoms with E-state index in [0.29, 0.717) is 32.6 Å². The molecule has 1 aromatic rings. The summed E-state index contributed by atoms with van der Waals surface area (Å²) in [5, 5.41) is 40.1. The van der Waals surface area contributed by atoms with Gasteiger partial charge in [0.2, 0.25) is 0 Å². The van der Waals surface area contributed by atoms with Crippen molar-refractivity contribution in [3.05, 3.63) is 11.9 Å². The van der Waals surface area contributed by atoms with Crippen LogP contribution in [0.4, 0.5) is 0 Å². The second-order valence-corrected chi connectivity index (χ2v) is 8.18. The molecule has 26 heavy (non-hydrogen) atoms. The van der Waals surface area contributed by atoms with Crippen LogP contribution in [0.5, 0.6) is 0 Å². The minimum Gasteiger partial charge on any atom is -0.395 e. The molecule has 2 aliphatic heterocycles. The molecule has 0 saturated carbocycles. The molecule has 148 valence electrons. The van der Waals surface area contributed by atoms with Gasteiger partial charge in [0, 0.05) is 13.0 Å². The summed E-state index contributed by atoms with van der Waals surface area (Å²) >= 11 is 12.4. The van der Waals surface area contributed by atoms with Crippen molar-refractivity contribution in [3.8, 4) is 0 Å². The largest absolute Gasteiger partial charge is 0.395 e. The number of alkyl halides is 2. The Kier molecular flexibility index (Phi) is 6.73. The van der Waals surface area contributed by atoms with Crippen molar-refractivity contribution < 1.29 is 24.8 Å². The number of aliphatic hydroxyl groups excluding tert-OH is 3. The molecule has 3 rings (SSSR count).